The van der Waals surface area contributed by atoms with Gasteiger partial charge in [-0.25, -0.2) is 0 Å². The second kappa shape index (κ2) is 10.6. The highest BCUT2D eigenvalue weighted by molar-refractivity contribution is 4.70. The average Bonchev–Trinajstić information content (AvgIpc) is 2.84. The number of hydrogen-bond donors (Lipinski definition) is 1. The van der Waals surface area contributed by atoms with Crippen LogP contribution in [0.4, 0.5) is 0 Å². The Morgan fingerprint density at radius 2 is 1.85 bits per heavy atom. The van der Waals surface area contributed by atoms with E-state index in [-0.39, 0.29) is 0 Å². The first-order valence-electron chi connectivity index (χ1n) is 8.50. The molecule has 1 N–H and O–H groups in total. The van der Waals surface area contributed by atoms with Crippen LogP contribution >= 0.6 is 0 Å². The second-order valence-electron chi connectivity index (χ2n) is 6.97. The number of ether oxygens (including phenoxy) is 2. The highest BCUT2D eigenvalue weighted by Gasteiger charge is 2.15. The molecular formula is C17H35NO2. The molecule has 0 radical (unpaired) electrons. The Kier molecular flexibility index (Phi) is 9.49. The van der Waals surface area contributed by atoms with Crippen molar-refractivity contribution in [1.82, 2.24) is 5.32 Å². The van der Waals surface area contributed by atoms with Crippen molar-refractivity contribution in [3.63, 3.8) is 0 Å². The lowest BCUT2D eigenvalue weighted by atomic mass is 9.95. The quantitative estimate of drug-likeness (QED) is 0.588. The van der Waals surface area contributed by atoms with Gasteiger partial charge >= 0.3 is 0 Å². The van der Waals surface area contributed by atoms with Crippen molar-refractivity contribution >= 4 is 0 Å². The van der Waals surface area contributed by atoms with E-state index < -0.39 is 0 Å². The number of rotatable bonds is 11. The Labute approximate surface area is 125 Å². The van der Waals surface area contributed by atoms with E-state index in [1.54, 1.807) is 0 Å². The van der Waals surface area contributed by atoms with E-state index >= 15 is 0 Å². The maximum absolute atomic E-state index is 5.70. The summed E-state index contributed by atoms with van der Waals surface area (Å²) in [5.74, 6) is 1.53. The molecule has 20 heavy (non-hydrogen) atoms. The molecule has 1 atom stereocenters. The third-order valence-corrected chi connectivity index (χ3v) is 3.74. The molecule has 1 unspecified atom stereocenters. The van der Waals surface area contributed by atoms with Crippen LogP contribution in [0.3, 0.4) is 0 Å². The fourth-order valence-corrected chi connectivity index (χ4v) is 2.87. The predicted octanol–water partition coefficient (Wildman–Crippen LogP) is 3.62. The first-order chi connectivity index (χ1) is 9.58. The van der Waals surface area contributed by atoms with Gasteiger partial charge in [0.25, 0.3) is 0 Å². The van der Waals surface area contributed by atoms with Gasteiger partial charge in [0.1, 0.15) is 0 Å². The summed E-state index contributed by atoms with van der Waals surface area (Å²) in [6.45, 7) is 12.8. The van der Waals surface area contributed by atoms with E-state index in [2.05, 4.69) is 33.0 Å². The highest BCUT2D eigenvalue weighted by Crippen LogP contribution is 2.13. The van der Waals surface area contributed by atoms with E-state index in [0.29, 0.717) is 12.1 Å². The van der Waals surface area contributed by atoms with Gasteiger partial charge in [0, 0.05) is 19.3 Å². The zero-order valence-electron chi connectivity index (χ0n) is 14.0. The fraction of sp³-hybridized carbons (Fsp3) is 1.00. The van der Waals surface area contributed by atoms with Gasteiger partial charge in [0.15, 0.2) is 0 Å². The van der Waals surface area contributed by atoms with Crippen LogP contribution < -0.4 is 5.32 Å². The smallest absolute Gasteiger partial charge is 0.0809 e. The number of hydrogen-bond acceptors (Lipinski definition) is 3. The van der Waals surface area contributed by atoms with Crippen LogP contribution in [-0.4, -0.2) is 38.5 Å². The summed E-state index contributed by atoms with van der Waals surface area (Å²) in [7, 11) is 0. The fourth-order valence-electron chi connectivity index (χ4n) is 2.87. The molecule has 0 aromatic carbocycles. The monoisotopic (exact) mass is 285 g/mol. The molecule has 0 aliphatic carbocycles. The molecule has 0 aromatic heterocycles. The van der Waals surface area contributed by atoms with Crippen molar-refractivity contribution in [3.05, 3.63) is 0 Å². The molecule has 1 heterocycles. The van der Waals surface area contributed by atoms with Crippen molar-refractivity contribution in [2.24, 2.45) is 11.8 Å². The molecule has 1 aliphatic rings. The summed E-state index contributed by atoms with van der Waals surface area (Å²) in [4.78, 5) is 0. The second-order valence-corrected chi connectivity index (χ2v) is 6.97. The molecule has 1 fully saturated rings. The average molecular weight is 285 g/mol. The molecule has 0 saturated carbocycles. The van der Waals surface area contributed by atoms with Gasteiger partial charge in [-0.15, -0.1) is 0 Å². The Balaban J connectivity index is 2.01. The van der Waals surface area contributed by atoms with Gasteiger partial charge in [-0.1, -0.05) is 27.7 Å². The Morgan fingerprint density at radius 3 is 2.40 bits per heavy atom. The molecular weight excluding hydrogens is 250 g/mol. The van der Waals surface area contributed by atoms with E-state index in [9.17, 15) is 0 Å². The van der Waals surface area contributed by atoms with Crippen molar-refractivity contribution < 1.29 is 9.47 Å². The molecule has 0 bridgehead atoms. The lowest BCUT2D eigenvalue weighted by Gasteiger charge is -2.22. The molecule has 0 aromatic rings. The van der Waals surface area contributed by atoms with Crippen molar-refractivity contribution in [2.75, 3.05) is 26.4 Å². The minimum absolute atomic E-state index is 0.359. The first-order valence-corrected chi connectivity index (χ1v) is 8.50. The summed E-state index contributed by atoms with van der Waals surface area (Å²) >= 11 is 0. The molecule has 0 spiro atoms. The third-order valence-electron chi connectivity index (χ3n) is 3.74. The Morgan fingerprint density at radius 1 is 1.15 bits per heavy atom. The van der Waals surface area contributed by atoms with Crippen LogP contribution in [0.1, 0.15) is 59.8 Å². The minimum atomic E-state index is 0.359. The van der Waals surface area contributed by atoms with E-state index in [4.69, 9.17) is 9.47 Å². The zero-order chi connectivity index (χ0) is 14.8. The van der Waals surface area contributed by atoms with E-state index in [1.165, 1.54) is 25.7 Å². The van der Waals surface area contributed by atoms with Gasteiger partial charge < -0.3 is 14.8 Å². The molecule has 1 rings (SSSR count). The van der Waals surface area contributed by atoms with Gasteiger partial charge in [0.05, 0.1) is 12.7 Å². The molecule has 0 amide bonds. The number of nitrogens with one attached hydrogen (secondary N) is 1. The largest absolute Gasteiger partial charge is 0.379 e. The van der Waals surface area contributed by atoms with Crippen molar-refractivity contribution in [1.29, 1.82) is 0 Å². The van der Waals surface area contributed by atoms with Gasteiger partial charge in [0.2, 0.25) is 0 Å². The Bertz CT molecular complexity index is 215. The van der Waals surface area contributed by atoms with Gasteiger partial charge in [-0.3, -0.25) is 0 Å². The minimum Gasteiger partial charge on any atom is -0.379 e. The van der Waals surface area contributed by atoms with Crippen molar-refractivity contribution in [2.45, 2.75) is 71.9 Å². The summed E-state index contributed by atoms with van der Waals surface area (Å²) in [6, 6.07) is 0.660. The standard InChI is InChI=1S/C17H35NO2/c1-14(2)11-16(12-15(3)4)18-8-6-9-19-13-17-7-5-10-20-17/h14-18H,5-13H2,1-4H3. The van der Waals surface area contributed by atoms with Gasteiger partial charge in [-0.2, -0.15) is 0 Å². The molecule has 120 valence electrons. The molecule has 1 saturated heterocycles. The summed E-state index contributed by atoms with van der Waals surface area (Å²) in [5, 5.41) is 3.70. The van der Waals surface area contributed by atoms with Crippen LogP contribution in [0, 0.1) is 11.8 Å². The van der Waals surface area contributed by atoms with Crippen LogP contribution in [-0.2, 0) is 9.47 Å². The molecule has 3 nitrogen and oxygen atoms in total. The van der Waals surface area contributed by atoms with Crippen LogP contribution in [0.15, 0.2) is 0 Å². The highest BCUT2D eigenvalue weighted by atomic mass is 16.5. The van der Waals surface area contributed by atoms with Crippen LogP contribution in [0.2, 0.25) is 0 Å². The maximum Gasteiger partial charge on any atom is 0.0809 e. The lowest BCUT2D eigenvalue weighted by Crippen LogP contribution is -2.33. The normalized spacial score (nSPS) is 19.6. The zero-order valence-corrected chi connectivity index (χ0v) is 14.0. The molecule has 1 aliphatic heterocycles. The summed E-state index contributed by atoms with van der Waals surface area (Å²) < 4.78 is 11.2. The summed E-state index contributed by atoms with van der Waals surface area (Å²) in [5.41, 5.74) is 0. The SMILES string of the molecule is CC(C)CC(CC(C)C)NCCCOCC1CCCO1. The van der Waals surface area contributed by atoms with E-state index in [0.717, 1.165) is 44.6 Å². The van der Waals surface area contributed by atoms with Gasteiger partial charge in [-0.05, 0) is 50.5 Å². The first kappa shape index (κ1) is 17.9. The van der Waals surface area contributed by atoms with E-state index in [1.807, 2.05) is 0 Å². The summed E-state index contributed by atoms with van der Waals surface area (Å²) in [6.07, 6.45) is 6.37. The lowest BCUT2D eigenvalue weighted by molar-refractivity contribution is 0.0165. The third kappa shape index (κ3) is 8.93. The van der Waals surface area contributed by atoms with Crippen LogP contribution in [0.25, 0.3) is 0 Å². The molecule has 3 heteroatoms. The Hall–Kier alpha value is -0.120. The van der Waals surface area contributed by atoms with Crippen molar-refractivity contribution in [3.8, 4) is 0 Å². The predicted molar refractivity (Wildman–Crippen MR) is 85.1 cm³/mol. The van der Waals surface area contributed by atoms with Crippen LogP contribution in [0.5, 0.6) is 0 Å². The topological polar surface area (TPSA) is 30.5 Å². The maximum atomic E-state index is 5.70.